The van der Waals surface area contributed by atoms with Crippen molar-refractivity contribution in [2.45, 2.75) is 11.8 Å². The minimum absolute atomic E-state index is 0.169. The molecule has 7 rings (SSSR count). The molecule has 2 N–H and O–H groups in total. The van der Waals surface area contributed by atoms with Gasteiger partial charge in [0.25, 0.3) is 0 Å². The van der Waals surface area contributed by atoms with E-state index in [2.05, 4.69) is 48.5 Å². The van der Waals surface area contributed by atoms with E-state index in [9.17, 15) is 19.8 Å². The van der Waals surface area contributed by atoms with Crippen LogP contribution in [0.4, 0.5) is 0 Å². The maximum absolute atomic E-state index is 11.3. The van der Waals surface area contributed by atoms with Gasteiger partial charge >= 0.3 is 0 Å². The largest absolute Gasteiger partial charge is 0.508 e. The van der Waals surface area contributed by atoms with Crippen molar-refractivity contribution in [1.82, 2.24) is 0 Å². The third-order valence-corrected chi connectivity index (χ3v) is 8.20. The van der Waals surface area contributed by atoms with Crippen molar-refractivity contribution in [1.29, 1.82) is 0 Å². The molecule has 0 fully saturated rings. The van der Waals surface area contributed by atoms with Crippen molar-refractivity contribution in [2.75, 3.05) is 0 Å². The summed E-state index contributed by atoms with van der Waals surface area (Å²) in [6.07, 6.45) is 1.67. The van der Waals surface area contributed by atoms with Crippen molar-refractivity contribution < 1.29 is 19.8 Å². The van der Waals surface area contributed by atoms with Crippen molar-refractivity contribution in [3.8, 4) is 11.5 Å². The summed E-state index contributed by atoms with van der Waals surface area (Å²) in [5, 5.41) is 22.7. The fourth-order valence-corrected chi connectivity index (χ4v) is 5.82. The predicted molar refractivity (Wildman–Crippen MR) is 201 cm³/mol. The quantitative estimate of drug-likeness (QED) is 0.0972. The average Bonchev–Trinajstić information content (AvgIpc) is 3.19. The standard InChI is InChI=1S/C32H26O2.2C7H6O/c33-29-22-28(32(25-17-9-3-10-18-25)26-19-11-4-12-20-26)30(34)21-27(29)31(23-13-5-1-6-14-23)24-15-7-2-8-16-24;2*8-6-7-4-2-1-3-5-7/h1-22,31-34H;2*1-6H. The van der Waals surface area contributed by atoms with Crippen LogP contribution in [0, 0.1) is 0 Å². The van der Waals surface area contributed by atoms with Crippen LogP contribution >= 0.6 is 0 Å². The van der Waals surface area contributed by atoms with E-state index in [1.807, 2.05) is 109 Å². The number of carbonyl (C=O) groups excluding carboxylic acids is 2. The molecule has 0 unspecified atom stereocenters. The lowest BCUT2D eigenvalue weighted by Gasteiger charge is -2.24. The molecule has 0 aliphatic heterocycles. The van der Waals surface area contributed by atoms with Gasteiger partial charge in [-0.1, -0.05) is 182 Å². The van der Waals surface area contributed by atoms with E-state index >= 15 is 0 Å². The number of carbonyl (C=O) groups is 2. The number of rotatable bonds is 8. The van der Waals surface area contributed by atoms with Crippen LogP contribution in [0.25, 0.3) is 0 Å². The van der Waals surface area contributed by atoms with Gasteiger partial charge in [-0.2, -0.15) is 0 Å². The van der Waals surface area contributed by atoms with E-state index in [1.165, 1.54) is 0 Å². The lowest BCUT2D eigenvalue weighted by molar-refractivity contribution is 0.111. The molecule has 0 aliphatic carbocycles. The molecule has 0 spiro atoms. The zero-order valence-electron chi connectivity index (χ0n) is 27.5. The van der Waals surface area contributed by atoms with Gasteiger partial charge in [-0.05, 0) is 34.4 Å². The molecular formula is C46H38O4. The Bertz CT molecular complexity index is 1800. The third kappa shape index (κ3) is 9.30. The second kappa shape index (κ2) is 18.1. The fraction of sp³-hybridized carbons (Fsp3) is 0.0435. The van der Waals surface area contributed by atoms with Gasteiger partial charge in [0.15, 0.2) is 0 Å². The van der Waals surface area contributed by atoms with E-state index in [-0.39, 0.29) is 23.3 Å². The lowest BCUT2D eigenvalue weighted by atomic mass is 9.80. The third-order valence-electron chi connectivity index (χ3n) is 8.20. The van der Waals surface area contributed by atoms with E-state index in [0.29, 0.717) is 11.1 Å². The molecule has 4 heteroatoms. The average molecular weight is 655 g/mol. The fourth-order valence-electron chi connectivity index (χ4n) is 5.82. The Morgan fingerprint density at radius 2 is 0.560 bits per heavy atom. The Kier molecular flexibility index (Phi) is 12.6. The summed E-state index contributed by atoms with van der Waals surface area (Å²) < 4.78 is 0. The molecule has 4 nitrogen and oxygen atoms in total. The number of hydrogen-bond donors (Lipinski definition) is 2. The molecule has 7 aromatic rings. The second-order valence-corrected chi connectivity index (χ2v) is 11.5. The summed E-state index contributed by atoms with van der Waals surface area (Å²) >= 11 is 0. The molecule has 0 aliphatic rings. The normalized spacial score (nSPS) is 10.3. The van der Waals surface area contributed by atoms with Crippen LogP contribution in [-0.4, -0.2) is 22.8 Å². The second-order valence-electron chi connectivity index (χ2n) is 11.5. The van der Waals surface area contributed by atoms with E-state index < -0.39 is 0 Å². The van der Waals surface area contributed by atoms with Crippen LogP contribution in [0.15, 0.2) is 194 Å². The highest BCUT2D eigenvalue weighted by Crippen LogP contribution is 2.44. The number of hydrogen-bond acceptors (Lipinski definition) is 4. The number of aromatic hydroxyl groups is 2. The van der Waals surface area contributed by atoms with E-state index in [4.69, 9.17) is 0 Å². The zero-order chi connectivity index (χ0) is 35.0. The highest BCUT2D eigenvalue weighted by Gasteiger charge is 2.26. The lowest BCUT2D eigenvalue weighted by Crippen LogP contribution is -2.07. The van der Waals surface area contributed by atoms with Gasteiger partial charge < -0.3 is 10.2 Å². The van der Waals surface area contributed by atoms with Crippen LogP contribution < -0.4 is 0 Å². The first-order chi connectivity index (χ1) is 24.6. The van der Waals surface area contributed by atoms with Gasteiger partial charge in [0.2, 0.25) is 0 Å². The Morgan fingerprint density at radius 3 is 0.760 bits per heavy atom. The SMILES string of the molecule is O=Cc1ccccc1.O=Cc1ccccc1.Oc1cc(C(c2ccccc2)c2ccccc2)c(O)cc1C(c1ccccc1)c1ccccc1. The first-order valence-electron chi connectivity index (χ1n) is 16.3. The maximum Gasteiger partial charge on any atom is 0.150 e. The van der Waals surface area contributed by atoms with E-state index in [0.717, 1.165) is 46.0 Å². The number of benzene rings is 7. The summed E-state index contributed by atoms with van der Waals surface area (Å²) in [4.78, 5) is 20.0. The molecule has 0 bridgehead atoms. The van der Waals surface area contributed by atoms with Crippen LogP contribution in [0.1, 0.15) is 65.9 Å². The molecule has 50 heavy (non-hydrogen) atoms. The zero-order valence-corrected chi connectivity index (χ0v) is 27.5. The van der Waals surface area contributed by atoms with Gasteiger partial charge in [0.05, 0.1) is 0 Å². The highest BCUT2D eigenvalue weighted by atomic mass is 16.3. The first-order valence-corrected chi connectivity index (χ1v) is 16.3. The first kappa shape index (κ1) is 34.8. The summed E-state index contributed by atoms with van der Waals surface area (Å²) in [7, 11) is 0. The van der Waals surface area contributed by atoms with Crippen LogP contribution in [0.2, 0.25) is 0 Å². The molecule has 0 radical (unpaired) electrons. The van der Waals surface area contributed by atoms with E-state index in [1.54, 1.807) is 36.4 Å². The molecule has 0 saturated carbocycles. The smallest absolute Gasteiger partial charge is 0.150 e. The molecule has 0 aromatic heterocycles. The van der Waals surface area contributed by atoms with Crippen molar-refractivity contribution in [2.24, 2.45) is 0 Å². The van der Waals surface area contributed by atoms with Crippen LogP contribution in [-0.2, 0) is 0 Å². The maximum atomic E-state index is 11.3. The Hall–Kier alpha value is -6.52. The van der Waals surface area contributed by atoms with Gasteiger partial charge in [-0.3, -0.25) is 9.59 Å². The van der Waals surface area contributed by atoms with Crippen molar-refractivity contribution >= 4 is 12.6 Å². The molecule has 0 heterocycles. The van der Waals surface area contributed by atoms with Gasteiger partial charge in [-0.15, -0.1) is 0 Å². The summed E-state index contributed by atoms with van der Waals surface area (Å²) in [5.74, 6) is -0.0618. The number of phenolic OH excluding ortho intramolecular Hbond substituents is 2. The molecule has 0 amide bonds. The van der Waals surface area contributed by atoms with Gasteiger partial charge in [-0.25, -0.2) is 0 Å². The van der Waals surface area contributed by atoms with Crippen LogP contribution in [0.5, 0.6) is 11.5 Å². The topological polar surface area (TPSA) is 74.6 Å². The van der Waals surface area contributed by atoms with Crippen LogP contribution in [0.3, 0.4) is 0 Å². The monoisotopic (exact) mass is 654 g/mol. The Labute approximate surface area is 293 Å². The molecule has 0 atom stereocenters. The molecule has 0 saturated heterocycles. The summed E-state index contributed by atoms with van der Waals surface area (Å²) in [6, 6.07) is 62.0. The molecule has 246 valence electrons. The van der Waals surface area contributed by atoms with Gasteiger partial charge in [0.1, 0.15) is 24.1 Å². The van der Waals surface area contributed by atoms with Gasteiger partial charge in [0, 0.05) is 34.1 Å². The highest BCUT2D eigenvalue weighted by molar-refractivity contribution is 5.74. The molecular weight excluding hydrogens is 617 g/mol. The summed E-state index contributed by atoms with van der Waals surface area (Å²) in [6.45, 7) is 0. The minimum Gasteiger partial charge on any atom is -0.508 e. The number of phenols is 2. The molecule has 7 aromatic carbocycles. The van der Waals surface area contributed by atoms with Crippen molar-refractivity contribution in [3.05, 3.63) is 239 Å². The van der Waals surface area contributed by atoms with Crippen molar-refractivity contribution in [3.63, 3.8) is 0 Å². The predicted octanol–water partition coefficient (Wildman–Crippen LogP) is 10.5. The Balaban J connectivity index is 0.000000248. The Morgan fingerprint density at radius 1 is 0.340 bits per heavy atom. The number of aldehydes is 2. The minimum atomic E-state index is -0.200. The summed E-state index contributed by atoms with van der Waals surface area (Å²) in [5.41, 5.74) is 7.03.